The van der Waals surface area contributed by atoms with Crippen molar-refractivity contribution in [3.8, 4) is 5.75 Å². The van der Waals surface area contributed by atoms with Gasteiger partial charge in [-0.05, 0) is 36.6 Å². The van der Waals surface area contributed by atoms with Crippen molar-refractivity contribution >= 4 is 16.9 Å². The largest absolute Gasteiger partial charge is 0.508 e. The zero-order valence-corrected chi connectivity index (χ0v) is 9.23. The first-order valence-electron chi connectivity index (χ1n) is 5.70. The molecule has 1 aromatic carbocycles. The number of hydrogen-bond donors (Lipinski definition) is 3. The zero-order valence-electron chi connectivity index (χ0n) is 9.23. The molecule has 17 heavy (non-hydrogen) atoms. The van der Waals surface area contributed by atoms with Crippen molar-refractivity contribution in [2.45, 2.75) is 25.2 Å². The van der Waals surface area contributed by atoms with E-state index in [2.05, 4.69) is 4.98 Å². The molecule has 3 N–H and O–H groups in total. The van der Waals surface area contributed by atoms with Crippen molar-refractivity contribution in [2.24, 2.45) is 0 Å². The van der Waals surface area contributed by atoms with E-state index < -0.39 is 5.97 Å². The van der Waals surface area contributed by atoms with Gasteiger partial charge >= 0.3 is 5.97 Å². The SMILES string of the molecule is O=C(O)CC1CCc2c1[nH]c1ccc(O)cc21. The number of aromatic nitrogens is 1. The fourth-order valence-corrected chi connectivity index (χ4v) is 2.75. The van der Waals surface area contributed by atoms with Crippen LogP contribution in [0.1, 0.15) is 30.0 Å². The molecule has 0 saturated heterocycles. The van der Waals surface area contributed by atoms with Gasteiger partial charge < -0.3 is 15.2 Å². The lowest BCUT2D eigenvalue weighted by Gasteiger charge is -2.05. The monoisotopic (exact) mass is 231 g/mol. The molecule has 1 atom stereocenters. The van der Waals surface area contributed by atoms with Gasteiger partial charge in [0.1, 0.15) is 5.75 Å². The van der Waals surface area contributed by atoms with E-state index >= 15 is 0 Å². The van der Waals surface area contributed by atoms with Gasteiger partial charge in [-0.1, -0.05) is 0 Å². The van der Waals surface area contributed by atoms with E-state index in [4.69, 9.17) is 5.11 Å². The summed E-state index contributed by atoms with van der Waals surface area (Å²) in [5, 5.41) is 19.4. The third-order valence-electron chi connectivity index (χ3n) is 3.49. The summed E-state index contributed by atoms with van der Waals surface area (Å²) in [6.45, 7) is 0. The van der Waals surface area contributed by atoms with E-state index in [1.54, 1.807) is 12.1 Å². The van der Waals surface area contributed by atoms with E-state index in [-0.39, 0.29) is 18.1 Å². The number of carboxylic acids is 1. The predicted molar refractivity (Wildman–Crippen MR) is 63.3 cm³/mol. The number of nitrogens with one attached hydrogen (secondary N) is 1. The van der Waals surface area contributed by atoms with Crippen LogP contribution in [0.3, 0.4) is 0 Å². The number of phenols is 1. The second-order valence-corrected chi connectivity index (χ2v) is 4.58. The average Bonchev–Trinajstić information content (AvgIpc) is 2.78. The first-order valence-corrected chi connectivity index (χ1v) is 5.70. The highest BCUT2D eigenvalue weighted by atomic mass is 16.4. The van der Waals surface area contributed by atoms with E-state index in [0.717, 1.165) is 29.4 Å². The molecule has 1 aromatic heterocycles. The third-order valence-corrected chi connectivity index (χ3v) is 3.49. The Morgan fingerprint density at radius 2 is 2.29 bits per heavy atom. The quantitative estimate of drug-likeness (QED) is 0.742. The van der Waals surface area contributed by atoms with Gasteiger partial charge in [0, 0.05) is 22.5 Å². The van der Waals surface area contributed by atoms with Crippen molar-refractivity contribution in [1.29, 1.82) is 0 Å². The van der Waals surface area contributed by atoms with E-state index in [9.17, 15) is 9.90 Å². The van der Waals surface area contributed by atoms with Gasteiger partial charge in [0.15, 0.2) is 0 Å². The van der Waals surface area contributed by atoms with Crippen LogP contribution >= 0.6 is 0 Å². The predicted octanol–water partition coefficient (Wildman–Crippen LogP) is 2.38. The van der Waals surface area contributed by atoms with Crippen molar-refractivity contribution in [3.63, 3.8) is 0 Å². The summed E-state index contributed by atoms with van der Waals surface area (Å²) >= 11 is 0. The first kappa shape index (κ1) is 10.2. The Kier molecular flexibility index (Phi) is 2.11. The Bertz CT molecular complexity index is 600. The number of aliphatic carboxylic acids is 1. The van der Waals surface area contributed by atoms with E-state index in [1.807, 2.05) is 6.07 Å². The number of aromatic hydroxyl groups is 1. The minimum atomic E-state index is -0.760. The van der Waals surface area contributed by atoms with Crippen LogP contribution in [-0.2, 0) is 11.2 Å². The summed E-state index contributed by atoms with van der Waals surface area (Å²) in [6.07, 6.45) is 1.93. The Morgan fingerprint density at radius 1 is 1.47 bits per heavy atom. The summed E-state index contributed by atoms with van der Waals surface area (Å²) < 4.78 is 0. The molecule has 0 saturated carbocycles. The molecular weight excluding hydrogens is 218 g/mol. The minimum absolute atomic E-state index is 0.0806. The molecule has 2 aromatic rings. The molecule has 0 fully saturated rings. The molecule has 4 heteroatoms. The van der Waals surface area contributed by atoms with Gasteiger partial charge in [-0.25, -0.2) is 0 Å². The number of fused-ring (bicyclic) bond motifs is 3. The lowest BCUT2D eigenvalue weighted by atomic mass is 10.0. The summed E-state index contributed by atoms with van der Waals surface area (Å²) in [5.41, 5.74) is 3.18. The van der Waals surface area contributed by atoms with Crippen LogP contribution in [-0.4, -0.2) is 21.2 Å². The Balaban J connectivity index is 2.10. The van der Waals surface area contributed by atoms with Crippen LogP contribution in [0, 0.1) is 0 Å². The number of H-pyrrole nitrogens is 1. The van der Waals surface area contributed by atoms with Crippen LogP contribution in [0.5, 0.6) is 5.75 Å². The number of carbonyl (C=O) groups is 1. The Labute approximate surface area is 97.9 Å². The Morgan fingerprint density at radius 3 is 3.06 bits per heavy atom. The molecule has 3 rings (SSSR count). The van der Waals surface area contributed by atoms with Crippen LogP contribution in [0.15, 0.2) is 18.2 Å². The second kappa shape index (κ2) is 3.52. The maximum Gasteiger partial charge on any atom is 0.304 e. The third kappa shape index (κ3) is 1.56. The van der Waals surface area contributed by atoms with Gasteiger partial charge in [-0.2, -0.15) is 0 Å². The van der Waals surface area contributed by atoms with Crippen molar-refractivity contribution in [2.75, 3.05) is 0 Å². The molecule has 1 unspecified atom stereocenters. The fourth-order valence-electron chi connectivity index (χ4n) is 2.75. The summed E-state index contributed by atoms with van der Waals surface area (Å²) in [5.74, 6) is -0.428. The Hall–Kier alpha value is -1.97. The average molecular weight is 231 g/mol. The van der Waals surface area contributed by atoms with Crippen molar-refractivity contribution < 1.29 is 15.0 Å². The maximum absolute atomic E-state index is 10.8. The molecule has 0 aliphatic heterocycles. The fraction of sp³-hybridized carbons (Fsp3) is 0.308. The highest BCUT2D eigenvalue weighted by molar-refractivity contribution is 5.87. The first-order chi connectivity index (χ1) is 8.15. The molecule has 0 bridgehead atoms. The zero-order chi connectivity index (χ0) is 12.0. The topological polar surface area (TPSA) is 73.3 Å². The molecule has 0 spiro atoms. The van der Waals surface area contributed by atoms with Gasteiger partial charge in [-0.15, -0.1) is 0 Å². The normalized spacial score (nSPS) is 18.5. The van der Waals surface area contributed by atoms with E-state index in [0.29, 0.717) is 0 Å². The van der Waals surface area contributed by atoms with Crippen LogP contribution in [0.2, 0.25) is 0 Å². The number of phenolic OH excluding ortho intramolecular Hbond substituents is 1. The molecule has 1 aliphatic rings. The lowest BCUT2D eigenvalue weighted by molar-refractivity contribution is -0.137. The van der Waals surface area contributed by atoms with Crippen LogP contribution in [0.4, 0.5) is 0 Å². The number of carboxylic acid groups (broad SMARTS) is 1. The molecule has 1 aliphatic carbocycles. The van der Waals surface area contributed by atoms with Crippen LogP contribution < -0.4 is 0 Å². The highest BCUT2D eigenvalue weighted by Crippen LogP contribution is 2.40. The molecule has 0 amide bonds. The molecule has 88 valence electrons. The number of aryl methyl sites for hydroxylation is 1. The van der Waals surface area contributed by atoms with Gasteiger partial charge in [0.25, 0.3) is 0 Å². The number of aromatic amines is 1. The van der Waals surface area contributed by atoms with Crippen molar-refractivity contribution in [1.82, 2.24) is 4.98 Å². The summed E-state index contributed by atoms with van der Waals surface area (Å²) in [4.78, 5) is 14.1. The number of hydrogen-bond acceptors (Lipinski definition) is 2. The van der Waals surface area contributed by atoms with Gasteiger partial charge in [0.05, 0.1) is 6.42 Å². The molecule has 4 nitrogen and oxygen atoms in total. The lowest BCUT2D eigenvalue weighted by Crippen LogP contribution is -2.03. The van der Waals surface area contributed by atoms with Gasteiger partial charge in [0.2, 0.25) is 0 Å². The van der Waals surface area contributed by atoms with Crippen LogP contribution in [0.25, 0.3) is 10.9 Å². The second-order valence-electron chi connectivity index (χ2n) is 4.58. The standard InChI is InChI=1S/C13H13NO3/c15-8-2-4-11-10(6-8)9-3-1-7(5-12(16)17)13(9)14-11/h2,4,6-7,14-15H,1,3,5H2,(H,16,17). The molecular formula is C13H13NO3. The molecule has 0 radical (unpaired) electrons. The summed E-state index contributed by atoms with van der Waals surface area (Å²) in [6, 6.07) is 5.22. The number of rotatable bonds is 2. The highest BCUT2D eigenvalue weighted by Gasteiger charge is 2.28. The molecule has 1 heterocycles. The maximum atomic E-state index is 10.8. The smallest absolute Gasteiger partial charge is 0.304 e. The van der Waals surface area contributed by atoms with E-state index in [1.165, 1.54) is 5.56 Å². The van der Waals surface area contributed by atoms with Crippen molar-refractivity contribution in [3.05, 3.63) is 29.5 Å². The van der Waals surface area contributed by atoms with Gasteiger partial charge in [-0.3, -0.25) is 4.79 Å². The number of benzene rings is 1. The minimum Gasteiger partial charge on any atom is -0.508 e. The summed E-state index contributed by atoms with van der Waals surface area (Å²) in [7, 11) is 0.